The van der Waals surface area contributed by atoms with Crippen LogP contribution in [0.3, 0.4) is 0 Å². The molecule has 0 bridgehead atoms. The first-order valence-corrected chi connectivity index (χ1v) is 5.32. The Kier molecular flexibility index (Phi) is 0.947. The Morgan fingerprint density at radius 2 is 1.86 bits per heavy atom. The van der Waals surface area contributed by atoms with Crippen LogP contribution in [-0.4, -0.2) is 0 Å². The first-order valence-electron chi connectivity index (χ1n) is 5.32. The molecule has 0 nitrogen and oxygen atoms in total. The standard InChI is InChI=1S/C14H12/c1-2-6-12-11(5-1)9-13-7-3-4-8-14(12,13)10-13/h1-8H,9-10H2. The fraction of sp³-hybridized carbons (Fsp3) is 0.286. The van der Waals surface area contributed by atoms with Gasteiger partial charge >= 0.3 is 0 Å². The van der Waals surface area contributed by atoms with Crippen molar-refractivity contribution in [2.75, 3.05) is 0 Å². The number of benzene rings is 1. The van der Waals surface area contributed by atoms with Crippen molar-refractivity contribution >= 4 is 0 Å². The normalized spacial score (nSPS) is 40.3. The Balaban J connectivity index is 2.02. The van der Waals surface area contributed by atoms with Crippen LogP contribution in [0.15, 0.2) is 48.6 Å². The van der Waals surface area contributed by atoms with Gasteiger partial charge in [0.1, 0.15) is 0 Å². The van der Waals surface area contributed by atoms with Crippen LogP contribution in [-0.2, 0) is 11.8 Å². The summed E-state index contributed by atoms with van der Waals surface area (Å²) in [6, 6.07) is 8.94. The van der Waals surface area contributed by atoms with Crippen LogP contribution in [0.4, 0.5) is 0 Å². The molecule has 0 heterocycles. The molecule has 0 amide bonds. The first-order chi connectivity index (χ1) is 6.86. The molecule has 0 N–H and O–H groups in total. The van der Waals surface area contributed by atoms with E-state index in [2.05, 4.69) is 48.6 Å². The summed E-state index contributed by atoms with van der Waals surface area (Å²) >= 11 is 0. The molecule has 0 saturated heterocycles. The number of rotatable bonds is 0. The minimum atomic E-state index is 0.401. The average Bonchev–Trinajstić information content (AvgIpc) is 2.80. The molecule has 0 aromatic heterocycles. The number of hydrogen-bond donors (Lipinski definition) is 0. The van der Waals surface area contributed by atoms with Crippen LogP contribution in [0.5, 0.6) is 0 Å². The van der Waals surface area contributed by atoms with E-state index in [0.717, 1.165) is 0 Å². The second-order valence-electron chi connectivity index (χ2n) is 4.86. The van der Waals surface area contributed by atoms with E-state index in [0.29, 0.717) is 10.8 Å². The van der Waals surface area contributed by atoms with Crippen LogP contribution in [0.1, 0.15) is 17.5 Å². The summed E-state index contributed by atoms with van der Waals surface area (Å²) in [6.07, 6.45) is 11.9. The Labute approximate surface area is 84.0 Å². The van der Waals surface area contributed by atoms with E-state index in [1.54, 1.807) is 11.1 Å². The minimum absolute atomic E-state index is 0.401. The molecule has 14 heavy (non-hydrogen) atoms. The van der Waals surface area contributed by atoms with Gasteiger partial charge in [0, 0.05) is 10.8 Å². The smallest absolute Gasteiger partial charge is 0.0241 e. The van der Waals surface area contributed by atoms with Crippen molar-refractivity contribution in [2.45, 2.75) is 18.3 Å². The fourth-order valence-electron chi connectivity index (χ4n) is 3.53. The van der Waals surface area contributed by atoms with Crippen molar-refractivity contribution < 1.29 is 0 Å². The average molecular weight is 180 g/mol. The number of allylic oxidation sites excluding steroid dienone is 4. The van der Waals surface area contributed by atoms with Gasteiger partial charge in [0.25, 0.3) is 0 Å². The quantitative estimate of drug-likeness (QED) is 0.575. The summed E-state index contributed by atoms with van der Waals surface area (Å²) in [6.45, 7) is 0. The Bertz CT molecular complexity index is 481. The van der Waals surface area contributed by atoms with Crippen LogP contribution in [0.2, 0.25) is 0 Å². The second kappa shape index (κ2) is 1.88. The molecular weight excluding hydrogens is 168 g/mol. The lowest BCUT2D eigenvalue weighted by molar-refractivity contribution is 0.610. The summed E-state index contributed by atoms with van der Waals surface area (Å²) in [4.78, 5) is 0. The molecular formula is C14H12. The summed E-state index contributed by atoms with van der Waals surface area (Å²) in [7, 11) is 0. The largest absolute Gasteiger partial charge is 0.0767 e. The van der Waals surface area contributed by atoms with Crippen molar-refractivity contribution in [3.05, 3.63) is 59.7 Å². The van der Waals surface area contributed by atoms with Crippen molar-refractivity contribution in [3.8, 4) is 0 Å². The predicted molar refractivity (Wildman–Crippen MR) is 57.2 cm³/mol. The highest BCUT2D eigenvalue weighted by Gasteiger charge is 2.69. The molecule has 3 aliphatic rings. The van der Waals surface area contributed by atoms with Gasteiger partial charge in [-0.1, -0.05) is 48.6 Å². The summed E-state index contributed by atoms with van der Waals surface area (Å²) in [5.74, 6) is 0. The summed E-state index contributed by atoms with van der Waals surface area (Å²) in [5, 5.41) is 0. The molecule has 4 rings (SSSR count). The molecule has 1 aromatic rings. The highest BCUT2D eigenvalue weighted by molar-refractivity contribution is 5.59. The van der Waals surface area contributed by atoms with Crippen molar-refractivity contribution in [3.63, 3.8) is 0 Å². The molecule has 0 radical (unpaired) electrons. The highest BCUT2D eigenvalue weighted by atomic mass is 14.7. The van der Waals surface area contributed by atoms with Gasteiger partial charge in [0.2, 0.25) is 0 Å². The lowest BCUT2D eigenvalue weighted by Crippen LogP contribution is -2.10. The van der Waals surface area contributed by atoms with Gasteiger partial charge in [0.05, 0.1) is 0 Å². The predicted octanol–water partition coefficient (Wildman–Crippen LogP) is 3.00. The van der Waals surface area contributed by atoms with Crippen molar-refractivity contribution in [2.24, 2.45) is 5.41 Å². The van der Waals surface area contributed by atoms with Crippen LogP contribution < -0.4 is 0 Å². The third kappa shape index (κ3) is 0.552. The maximum Gasteiger partial charge on any atom is 0.0241 e. The molecule has 3 aliphatic carbocycles. The van der Waals surface area contributed by atoms with E-state index in [1.165, 1.54) is 12.8 Å². The first kappa shape index (κ1) is 7.05. The summed E-state index contributed by atoms with van der Waals surface area (Å²) < 4.78 is 0. The lowest BCUT2D eigenvalue weighted by Gasteiger charge is -2.14. The molecule has 1 saturated carbocycles. The van der Waals surface area contributed by atoms with Gasteiger partial charge in [-0.15, -0.1) is 0 Å². The second-order valence-corrected chi connectivity index (χ2v) is 4.86. The molecule has 68 valence electrons. The van der Waals surface area contributed by atoms with Crippen LogP contribution >= 0.6 is 0 Å². The van der Waals surface area contributed by atoms with E-state index in [-0.39, 0.29) is 0 Å². The Morgan fingerprint density at radius 3 is 2.86 bits per heavy atom. The van der Waals surface area contributed by atoms with Gasteiger partial charge in [-0.3, -0.25) is 0 Å². The van der Waals surface area contributed by atoms with E-state index in [4.69, 9.17) is 0 Å². The number of hydrogen-bond acceptors (Lipinski definition) is 0. The molecule has 2 unspecified atom stereocenters. The van der Waals surface area contributed by atoms with Gasteiger partial charge < -0.3 is 0 Å². The molecule has 1 aromatic carbocycles. The van der Waals surface area contributed by atoms with E-state index in [1.807, 2.05) is 0 Å². The zero-order valence-electron chi connectivity index (χ0n) is 8.03. The van der Waals surface area contributed by atoms with Gasteiger partial charge in [0.15, 0.2) is 0 Å². The monoisotopic (exact) mass is 180 g/mol. The fourth-order valence-corrected chi connectivity index (χ4v) is 3.53. The lowest BCUT2D eigenvalue weighted by atomic mass is 9.89. The molecule has 1 fully saturated rings. The summed E-state index contributed by atoms with van der Waals surface area (Å²) in [5.41, 5.74) is 4.03. The van der Waals surface area contributed by atoms with Gasteiger partial charge in [-0.2, -0.15) is 0 Å². The van der Waals surface area contributed by atoms with Crippen molar-refractivity contribution in [1.82, 2.24) is 0 Å². The molecule has 0 aliphatic heterocycles. The SMILES string of the molecule is C1=CC23Cc4ccccc4C2(C=C1)C3. The van der Waals surface area contributed by atoms with E-state index < -0.39 is 0 Å². The van der Waals surface area contributed by atoms with Crippen molar-refractivity contribution in [1.29, 1.82) is 0 Å². The maximum atomic E-state index is 2.42. The number of fused-ring (bicyclic) bond motifs is 1. The third-order valence-corrected chi connectivity index (χ3v) is 4.27. The topological polar surface area (TPSA) is 0 Å². The highest BCUT2D eigenvalue weighted by Crippen LogP contribution is 2.73. The van der Waals surface area contributed by atoms with Crippen LogP contribution in [0, 0.1) is 5.41 Å². The third-order valence-electron chi connectivity index (χ3n) is 4.27. The molecule has 2 atom stereocenters. The molecule has 0 heteroatoms. The maximum absolute atomic E-state index is 2.42. The van der Waals surface area contributed by atoms with Gasteiger partial charge in [-0.25, -0.2) is 0 Å². The Hall–Kier alpha value is -1.30. The minimum Gasteiger partial charge on any atom is -0.0767 e. The molecule has 0 spiro atoms. The van der Waals surface area contributed by atoms with Gasteiger partial charge in [-0.05, 0) is 24.0 Å². The zero-order chi connectivity index (χ0) is 9.23. The van der Waals surface area contributed by atoms with Crippen LogP contribution in [0.25, 0.3) is 0 Å². The Morgan fingerprint density at radius 1 is 1.00 bits per heavy atom. The zero-order valence-corrected chi connectivity index (χ0v) is 8.03. The van der Waals surface area contributed by atoms with E-state index in [9.17, 15) is 0 Å². The van der Waals surface area contributed by atoms with E-state index >= 15 is 0 Å².